The molecular formula is C25H30N2O6S. The van der Waals surface area contributed by atoms with Gasteiger partial charge in [-0.15, -0.1) is 0 Å². The number of hydrogen-bond acceptors (Lipinski definition) is 6. The first-order valence-electron chi connectivity index (χ1n) is 11.9. The highest BCUT2D eigenvalue weighted by Gasteiger charge is 2.32. The quantitative estimate of drug-likeness (QED) is 0.605. The minimum absolute atomic E-state index is 0.0473. The van der Waals surface area contributed by atoms with Gasteiger partial charge in [-0.1, -0.05) is 6.07 Å². The van der Waals surface area contributed by atoms with Gasteiger partial charge < -0.3 is 19.5 Å². The number of amides is 1. The molecule has 1 saturated heterocycles. The highest BCUT2D eigenvalue weighted by atomic mass is 32.2. The van der Waals surface area contributed by atoms with Crippen LogP contribution in [0.5, 0.6) is 17.2 Å². The average Bonchev–Trinajstić information content (AvgIpc) is 3.34. The first-order chi connectivity index (χ1) is 16.5. The van der Waals surface area contributed by atoms with Crippen LogP contribution in [0.25, 0.3) is 0 Å². The molecule has 1 amide bonds. The van der Waals surface area contributed by atoms with Crippen LogP contribution in [0.15, 0.2) is 41.3 Å². The lowest BCUT2D eigenvalue weighted by atomic mass is 9.97. The predicted octanol–water partition coefficient (Wildman–Crippen LogP) is 2.54. The van der Waals surface area contributed by atoms with E-state index in [0.717, 1.165) is 18.6 Å². The number of ether oxygens (including phenoxy) is 3. The fraction of sp³-hybridized carbons (Fsp3) is 0.480. The van der Waals surface area contributed by atoms with E-state index in [1.165, 1.54) is 27.9 Å². The summed E-state index contributed by atoms with van der Waals surface area (Å²) in [5.74, 6) is 1.60. The van der Waals surface area contributed by atoms with E-state index in [1.807, 2.05) is 6.07 Å². The van der Waals surface area contributed by atoms with Crippen LogP contribution in [0, 0.1) is 5.92 Å². The molecule has 0 saturated carbocycles. The monoisotopic (exact) mass is 486 g/mol. The first kappa shape index (κ1) is 23.0. The van der Waals surface area contributed by atoms with Crippen molar-refractivity contribution in [1.29, 1.82) is 0 Å². The van der Waals surface area contributed by atoms with Gasteiger partial charge in [0.05, 0.1) is 11.4 Å². The maximum Gasteiger partial charge on any atom is 0.243 e. The molecule has 2 aromatic rings. The molecule has 5 rings (SSSR count). The van der Waals surface area contributed by atoms with Gasteiger partial charge in [-0.05, 0) is 67.5 Å². The van der Waals surface area contributed by atoms with E-state index in [0.29, 0.717) is 63.8 Å². The predicted molar refractivity (Wildman–Crippen MR) is 126 cm³/mol. The molecular weight excluding hydrogens is 456 g/mol. The number of hydrogen-bond donors (Lipinski definition) is 1. The third-order valence-electron chi connectivity index (χ3n) is 6.72. The van der Waals surface area contributed by atoms with Crippen LogP contribution >= 0.6 is 0 Å². The SMILES string of the molecule is O=C(NCCOc1ccc2c(c1)CCC2)C1CCN(S(=O)(=O)c2ccc3c(c2)OCCO3)CC1. The lowest BCUT2D eigenvalue weighted by Crippen LogP contribution is -2.43. The number of fused-ring (bicyclic) bond motifs is 2. The van der Waals surface area contributed by atoms with E-state index >= 15 is 0 Å². The topological polar surface area (TPSA) is 94.2 Å². The molecule has 0 spiro atoms. The second kappa shape index (κ2) is 9.84. The number of piperidine rings is 1. The highest BCUT2D eigenvalue weighted by molar-refractivity contribution is 7.89. The van der Waals surface area contributed by atoms with Gasteiger partial charge >= 0.3 is 0 Å². The molecule has 0 bridgehead atoms. The van der Waals surface area contributed by atoms with E-state index in [1.54, 1.807) is 12.1 Å². The summed E-state index contributed by atoms with van der Waals surface area (Å²) in [4.78, 5) is 12.8. The van der Waals surface area contributed by atoms with E-state index in [-0.39, 0.29) is 16.7 Å². The van der Waals surface area contributed by atoms with Crippen molar-refractivity contribution >= 4 is 15.9 Å². The third kappa shape index (κ3) is 4.86. The van der Waals surface area contributed by atoms with E-state index < -0.39 is 10.0 Å². The lowest BCUT2D eigenvalue weighted by Gasteiger charge is -2.30. The number of nitrogens with one attached hydrogen (secondary N) is 1. The van der Waals surface area contributed by atoms with Gasteiger partial charge in [-0.3, -0.25) is 4.79 Å². The zero-order valence-electron chi connectivity index (χ0n) is 19.1. The molecule has 1 N–H and O–H groups in total. The minimum Gasteiger partial charge on any atom is -0.492 e. The maximum absolute atomic E-state index is 13.1. The van der Waals surface area contributed by atoms with Crippen molar-refractivity contribution in [3.8, 4) is 17.2 Å². The number of aryl methyl sites for hydroxylation is 2. The molecule has 0 atom stereocenters. The van der Waals surface area contributed by atoms with Crippen molar-refractivity contribution in [3.05, 3.63) is 47.5 Å². The number of sulfonamides is 1. The minimum atomic E-state index is -3.65. The van der Waals surface area contributed by atoms with Gasteiger partial charge in [0.25, 0.3) is 0 Å². The Morgan fingerprint density at radius 3 is 2.59 bits per heavy atom. The summed E-state index contributed by atoms with van der Waals surface area (Å²) < 4.78 is 44.4. The second-order valence-corrected chi connectivity index (χ2v) is 10.8. The highest BCUT2D eigenvalue weighted by Crippen LogP contribution is 2.34. The van der Waals surface area contributed by atoms with Crippen molar-refractivity contribution in [3.63, 3.8) is 0 Å². The molecule has 8 nitrogen and oxygen atoms in total. The summed E-state index contributed by atoms with van der Waals surface area (Å²) in [6.45, 7) is 2.29. The van der Waals surface area contributed by atoms with E-state index in [2.05, 4.69) is 17.4 Å². The summed E-state index contributed by atoms with van der Waals surface area (Å²) in [6.07, 6.45) is 4.42. The Morgan fingerprint density at radius 1 is 1.00 bits per heavy atom. The number of carbonyl (C=O) groups excluding carboxylic acids is 1. The van der Waals surface area contributed by atoms with Crippen LogP contribution in [0.4, 0.5) is 0 Å². The summed E-state index contributed by atoms with van der Waals surface area (Å²) in [6, 6.07) is 10.9. The zero-order valence-corrected chi connectivity index (χ0v) is 19.9. The Morgan fingerprint density at radius 2 is 1.76 bits per heavy atom. The van der Waals surface area contributed by atoms with Crippen molar-refractivity contribution in [2.24, 2.45) is 5.92 Å². The molecule has 9 heteroatoms. The van der Waals surface area contributed by atoms with Crippen LogP contribution in [0.2, 0.25) is 0 Å². The largest absolute Gasteiger partial charge is 0.492 e. The Labute approximate surface area is 200 Å². The molecule has 2 heterocycles. The molecule has 0 radical (unpaired) electrons. The second-order valence-electron chi connectivity index (χ2n) is 8.91. The Kier molecular flexibility index (Phi) is 6.65. The number of carbonyl (C=O) groups is 1. The average molecular weight is 487 g/mol. The van der Waals surface area contributed by atoms with Crippen molar-refractivity contribution in [1.82, 2.24) is 9.62 Å². The van der Waals surface area contributed by atoms with Gasteiger partial charge in [-0.25, -0.2) is 8.42 Å². The zero-order chi connectivity index (χ0) is 23.5. The fourth-order valence-electron chi connectivity index (χ4n) is 4.82. The Balaban J connectivity index is 1.08. The number of nitrogens with zero attached hydrogens (tertiary/aromatic N) is 1. The van der Waals surface area contributed by atoms with Gasteiger partial charge in [0.2, 0.25) is 15.9 Å². The van der Waals surface area contributed by atoms with Crippen molar-refractivity contribution in [2.45, 2.75) is 37.0 Å². The van der Waals surface area contributed by atoms with Crippen molar-refractivity contribution < 1.29 is 27.4 Å². The van der Waals surface area contributed by atoms with E-state index in [4.69, 9.17) is 14.2 Å². The lowest BCUT2D eigenvalue weighted by molar-refractivity contribution is -0.126. The standard InChI is InChI=1S/C25H30N2O6S/c28-25(26-10-13-31-21-5-4-18-2-1-3-20(18)16-21)19-8-11-27(12-9-19)34(29,30)22-6-7-23-24(17-22)33-15-14-32-23/h4-7,16-17,19H,1-3,8-15H2,(H,26,28). The van der Waals surface area contributed by atoms with Gasteiger partial charge in [-0.2, -0.15) is 4.31 Å². The molecule has 2 aliphatic heterocycles. The molecule has 3 aliphatic rings. The normalized spacial score (nSPS) is 18.4. The summed E-state index contributed by atoms with van der Waals surface area (Å²) in [5, 5.41) is 2.93. The smallest absolute Gasteiger partial charge is 0.243 e. The van der Waals surface area contributed by atoms with Gasteiger partial charge in [0, 0.05) is 25.1 Å². The van der Waals surface area contributed by atoms with Crippen LogP contribution in [-0.4, -0.2) is 58.1 Å². The Hall–Kier alpha value is -2.78. The maximum atomic E-state index is 13.1. The van der Waals surface area contributed by atoms with Gasteiger partial charge in [0.1, 0.15) is 25.6 Å². The van der Waals surface area contributed by atoms with Crippen molar-refractivity contribution in [2.75, 3.05) is 39.5 Å². The van der Waals surface area contributed by atoms with Gasteiger partial charge in [0.15, 0.2) is 11.5 Å². The summed E-state index contributed by atoms with van der Waals surface area (Å²) >= 11 is 0. The molecule has 1 aliphatic carbocycles. The van der Waals surface area contributed by atoms with E-state index in [9.17, 15) is 13.2 Å². The summed E-state index contributed by atoms with van der Waals surface area (Å²) in [5.41, 5.74) is 2.77. The van der Waals surface area contributed by atoms with Crippen LogP contribution in [-0.2, 0) is 27.7 Å². The third-order valence-corrected chi connectivity index (χ3v) is 8.61. The fourth-order valence-corrected chi connectivity index (χ4v) is 6.30. The molecule has 0 unspecified atom stereocenters. The molecule has 0 aromatic heterocycles. The van der Waals surface area contributed by atoms with Crippen LogP contribution < -0.4 is 19.5 Å². The molecule has 2 aromatic carbocycles. The molecule has 34 heavy (non-hydrogen) atoms. The van der Waals surface area contributed by atoms with Crippen LogP contribution in [0.3, 0.4) is 0 Å². The van der Waals surface area contributed by atoms with Crippen LogP contribution in [0.1, 0.15) is 30.4 Å². The Bertz CT molecular complexity index is 1160. The molecule has 182 valence electrons. The summed E-state index contributed by atoms with van der Waals surface area (Å²) in [7, 11) is -3.65. The number of rotatable bonds is 7. The number of benzene rings is 2. The first-order valence-corrected chi connectivity index (χ1v) is 13.4. The molecule has 1 fully saturated rings.